The maximum Gasteiger partial charge on any atom is 0.306 e. The molecule has 0 radical (unpaired) electrons. The van der Waals surface area contributed by atoms with E-state index in [2.05, 4.69) is 5.32 Å². The molecular formula is C24H27ClN2O4. The average Bonchev–Trinajstić information content (AvgIpc) is 2.76. The number of ether oxygens (including phenoxy) is 1. The Bertz CT molecular complexity index is 948. The third-order valence-electron chi connectivity index (χ3n) is 5.38. The summed E-state index contributed by atoms with van der Waals surface area (Å²) in [6, 6.07) is 14.2. The van der Waals surface area contributed by atoms with E-state index in [9.17, 15) is 14.4 Å². The lowest BCUT2D eigenvalue weighted by atomic mass is 9.88. The summed E-state index contributed by atoms with van der Waals surface area (Å²) >= 11 is 6.18. The van der Waals surface area contributed by atoms with E-state index >= 15 is 0 Å². The quantitative estimate of drug-likeness (QED) is 0.629. The van der Waals surface area contributed by atoms with Gasteiger partial charge in [0.25, 0.3) is 0 Å². The van der Waals surface area contributed by atoms with Crippen molar-refractivity contribution in [1.29, 1.82) is 0 Å². The minimum absolute atomic E-state index is 0.0306. The molecule has 2 amide bonds. The molecular weight excluding hydrogens is 416 g/mol. The van der Waals surface area contributed by atoms with Crippen LogP contribution in [0.15, 0.2) is 48.5 Å². The van der Waals surface area contributed by atoms with Crippen molar-refractivity contribution in [3.8, 4) is 0 Å². The first kappa shape index (κ1) is 22.8. The van der Waals surface area contributed by atoms with Gasteiger partial charge in [-0.2, -0.15) is 0 Å². The predicted molar refractivity (Wildman–Crippen MR) is 120 cm³/mol. The zero-order chi connectivity index (χ0) is 22.4. The monoisotopic (exact) mass is 442 g/mol. The fourth-order valence-electron chi connectivity index (χ4n) is 3.91. The van der Waals surface area contributed by atoms with Crippen molar-refractivity contribution in [2.24, 2.45) is 5.92 Å². The number of nitrogens with zero attached hydrogens (tertiary/aromatic N) is 1. The lowest BCUT2D eigenvalue weighted by Gasteiger charge is -2.38. The van der Waals surface area contributed by atoms with E-state index in [1.807, 2.05) is 37.3 Å². The summed E-state index contributed by atoms with van der Waals surface area (Å²) in [7, 11) is 0. The summed E-state index contributed by atoms with van der Waals surface area (Å²) < 4.78 is 5.05. The minimum Gasteiger partial charge on any atom is -0.466 e. The van der Waals surface area contributed by atoms with E-state index < -0.39 is 17.9 Å². The van der Waals surface area contributed by atoms with Crippen molar-refractivity contribution in [2.45, 2.75) is 45.7 Å². The predicted octanol–water partition coefficient (Wildman–Crippen LogP) is 3.89. The summed E-state index contributed by atoms with van der Waals surface area (Å²) in [5.41, 5.74) is 2.48. The number of esters is 1. The van der Waals surface area contributed by atoms with Crippen molar-refractivity contribution in [1.82, 2.24) is 5.32 Å². The highest BCUT2D eigenvalue weighted by Gasteiger charge is 2.40. The van der Waals surface area contributed by atoms with Gasteiger partial charge in [-0.1, -0.05) is 48.9 Å². The minimum atomic E-state index is -0.693. The number of hydrogen-bond acceptors (Lipinski definition) is 4. The summed E-state index contributed by atoms with van der Waals surface area (Å²) in [4.78, 5) is 40.1. The van der Waals surface area contributed by atoms with Gasteiger partial charge >= 0.3 is 5.97 Å². The van der Waals surface area contributed by atoms with Crippen molar-refractivity contribution < 1.29 is 19.1 Å². The first-order valence-corrected chi connectivity index (χ1v) is 10.9. The summed E-state index contributed by atoms with van der Waals surface area (Å²) in [5.74, 6) is -1.50. The second kappa shape index (κ2) is 10.4. The molecule has 3 rings (SSSR count). The van der Waals surface area contributed by atoms with Crippen LogP contribution in [0.2, 0.25) is 5.02 Å². The first-order chi connectivity index (χ1) is 14.9. The first-order valence-electron chi connectivity index (χ1n) is 10.5. The van der Waals surface area contributed by atoms with Gasteiger partial charge in [-0.25, -0.2) is 0 Å². The highest BCUT2D eigenvalue weighted by molar-refractivity contribution is 6.30. The number of anilines is 1. The molecule has 0 aliphatic carbocycles. The number of hydrogen-bond donors (Lipinski definition) is 1. The van der Waals surface area contributed by atoms with Gasteiger partial charge in [-0.05, 0) is 49.1 Å². The third kappa shape index (κ3) is 5.44. The van der Waals surface area contributed by atoms with Gasteiger partial charge in [0.2, 0.25) is 11.8 Å². The number of nitrogens with one attached hydrogen (secondary N) is 1. The number of rotatable bonds is 8. The Kier molecular flexibility index (Phi) is 7.69. The van der Waals surface area contributed by atoms with Gasteiger partial charge < -0.3 is 10.1 Å². The second-order valence-electron chi connectivity index (χ2n) is 7.52. The molecule has 0 fully saturated rings. The van der Waals surface area contributed by atoms with Gasteiger partial charge in [0.1, 0.15) is 6.04 Å². The molecule has 31 heavy (non-hydrogen) atoms. The van der Waals surface area contributed by atoms with Gasteiger partial charge in [0.15, 0.2) is 0 Å². The van der Waals surface area contributed by atoms with Crippen LogP contribution in [0.25, 0.3) is 0 Å². The van der Waals surface area contributed by atoms with Crippen molar-refractivity contribution in [2.75, 3.05) is 11.5 Å². The summed E-state index contributed by atoms with van der Waals surface area (Å²) in [6.07, 6.45) is 0.782. The molecule has 0 saturated carbocycles. The summed E-state index contributed by atoms with van der Waals surface area (Å²) in [6.45, 7) is 4.22. The Morgan fingerprint density at radius 3 is 2.61 bits per heavy atom. The molecule has 0 unspecified atom stereocenters. The van der Waals surface area contributed by atoms with E-state index in [4.69, 9.17) is 16.3 Å². The van der Waals surface area contributed by atoms with Crippen molar-refractivity contribution in [3.63, 3.8) is 0 Å². The molecule has 0 spiro atoms. The zero-order valence-electron chi connectivity index (χ0n) is 17.8. The lowest BCUT2D eigenvalue weighted by Crippen LogP contribution is -2.53. The highest BCUT2D eigenvalue weighted by Crippen LogP contribution is 2.36. The number of halogens is 1. The molecule has 1 aliphatic rings. The Morgan fingerprint density at radius 1 is 1.19 bits per heavy atom. The van der Waals surface area contributed by atoms with Crippen molar-refractivity contribution in [3.05, 3.63) is 64.7 Å². The molecule has 0 saturated heterocycles. The normalized spacial score (nSPS) is 16.4. The lowest BCUT2D eigenvalue weighted by molar-refractivity contribution is -0.146. The molecule has 0 aromatic heterocycles. The van der Waals surface area contributed by atoms with Crippen LogP contribution >= 0.6 is 11.6 Å². The van der Waals surface area contributed by atoms with Crippen molar-refractivity contribution >= 4 is 35.1 Å². The van der Waals surface area contributed by atoms with Gasteiger partial charge in [0, 0.05) is 17.3 Å². The Labute approximate surface area is 187 Å². The van der Waals surface area contributed by atoms with Gasteiger partial charge in [-0.15, -0.1) is 0 Å². The Balaban J connectivity index is 1.86. The molecule has 1 aliphatic heterocycles. The van der Waals surface area contributed by atoms with E-state index in [0.717, 1.165) is 11.1 Å². The number of amides is 2. The van der Waals surface area contributed by atoms with Crippen LogP contribution in [0.1, 0.15) is 37.8 Å². The molecule has 2 aromatic carbocycles. The molecule has 164 valence electrons. The number of carbonyl (C=O) groups is 3. The maximum absolute atomic E-state index is 13.4. The maximum atomic E-state index is 13.4. The zero-order valence-corrected chi connectivity index (χ0v) is 18.5. The van der Waals surface area contributed by atoms with E-state index in [1.54, 1.807) is 25.1 Å². The van der Waals surface area contributed by atoms with Gasteiger partial charge in [-0.3, -0.25) is 19.3 Å². The SMILES string of the molecule is CCOC(=O)C[C@H]1Cc2cc(Cl)ccc2N([C@@H](CC)C(=O)NCc2ccccc2)C1=O. The standard InChI is InChI=1S/C24H27ClN2O4/c1-3-20(23(29)26-15-16-8-6-5-7-9-16)27-21-11-10-19(25)13-17(21)12-18(24(27)30)14-22(28)31-4-2/h5-11,13,18,20H,3-4,12,14-15H2,1-2H3,(H,26,29)/t18-,20+/m1/s1. The Morgan fingerprint density at radius 2 is 1.94 bits per heavy atom. The van der Waals surface area contributed by atoms with Crippen LogP contribution < -0.4 is 10.2 Å². The highest BCUT2D eigenvalue weighted by atomic mass is 35.5. The number of carbonyl (C=O) groups excluding carboxylic acids is 3. The smallest absolute Gasteiger partial charge is 0.306 e. The molecule has 2 atom stereocenters. The largest absolute Gasteiger partial charge is 0.466 e. The topological polar surface area (TPSA) is 75.7 Å². The van der Waals surface area contributed by atoms with Crippen LogP contribution in [0.3, 0.4) is 0 Å². The van der Waals surface area contributed by atoms with Crippen LogP contribution in [0, 0.1) is 5.92 Å². The fraction of sp³-hybridized carbons (Fsp3) is 0.375. The Hall–Kier alpha value is -2.86. The molecule has 0 bridgehead atoms. The number of fused-ring (bicyclic) bond motifs is 1. The fourth-order valence-corrected chi connectivity index (χ4v) is 4.11. The molecule has 6 nitrogen and oxygen atoms in total. The van der Waals surface area contributed by atoms with Crippen LogP contribution in [-0.4, -0.2) is 30.4 Å². The van der Waals surface area contributed by atoms with E-state index in [1.165, 1.54) is 4.90 Å². The third-order valence-corrected chi connectivity index (χ3v) is 5.62. The summed E-state index contributed by atoms with van der Waals surface area (Å²) in [5, 5.41) is 3.48. The molecule has 1 N–H and O–H groups in total. The van der Waals surface area contributed by atoms with Gasteiger partial charge in [0.05, 0.1) is 18.9 Å². The van der Waals surface area contributed by atoms with Crippen LogP contribution in [-0.2, 0) is 32.1 Å². The average molecular weight is 443 g/mol. The second-order valence-corrected chi connectivity index (χ2v) is 7.96. The van der Waals surface area contributed by atoms with E-state index in [-0.39, 0.29) is 24.8 Å². The van der Waals surface area contributed by atoms with Crippen LogP contribution in [0.5, 0.6) is 0 Å². The molecule has 1 heterocycles. The van der Waals surface area contributed by atoms with Crippen LogP contribution in [0.4, 0.5) is 5.69 Å². The number of benzene rings is 2. The molecule has 7 heteroatoms. The van der Waals surface area contributed by atoms with E-state index in [0.29, 0.717) is 30.1 Å². The molecule has 2 aromatic rings.